The Hall–Kier alpha value is -1.85. The number of aliphatic carboxylic acids is 1. The van der Waals surface area contributed by atoms with Crippen molar-refractivity contribution in [2.45, 2.75) is 45.6 Å². The smallest absolute Gasteiger partial charge is 0.326 e. The lowest BCUT2D eigenvalue weighted by molar-refractivity contribution is -0.139. The number of nitrogens with zero attached hydrogens (tertiary/aromatic N) is 2. The summed E-state index contributed by atoms with van der Waals surface area (Å²) in [4.78, 5) is 23.2. The molecule has 2 N–H and O–H groups in total. The van der Waals surface area contributed by atoms with Crippen LogP contribution in [0.5, 0.6) is 0 Å². The molecule has 19 heavy (non-hydrogen) atoms. The summed E-state index contributed by atoms with van der Waals surface area (Å²) in [5.41, 5.74) is 1.13. The van der Waals surface area contributed by atoms with Gasteiger partial charge in [0, 0.05) is 13.2 Å². The third kappa shape index (κ3) is 3.81. The summed E-state index contributed by atoms with van der Waals surface area (Å²) in [5.74, 6) is -1.28. The largest absolute Gasteiger partial charge is 0.480 e. The second kappa shape index (κ2) is 6.36. The molecule has 1 atom stereocenters. The fraction of sp³-hybridized carbons (Fsp3) is 0.615. The molecule has 0 fully saturated rings. The highest BCUT2D eigenvalue weighted by atomic mass is 16.4. The molecule has 6 heteroatoms. The van der Waals surface area contributed by atoms with Crippen LogP contribution in [0, 0.1) is 0 Å². The zero-order valence-corrected chi connectivity index (χ0v) is 11.8. The molecule has 0 aromatic carbocycles. The van der Waals surface area contributed by atoms with E-state index in [0.29, 0.717) is 24.1 Å². The van der Waals surface area contributed by atoms with E-state index in [1.165, 1.54) is 0 Å². The third-order valence-corrected chi connectivity index (χ3v) is 2.83. The molecule has 106 valence electrons. The average molecular weight is 267 g/mol. The number of carboxylic acids is 1. The minimum atomic E-state index is -1.01. The topological polar surface area (TPSA) is 84.2 Å². The van der Waals surface area contributed by atoms with Crippen LogP contribution in [0.1, 0.15) is 55.6 Å². The molecule has 6 nitrogen and oxygen atoms in total. The first-order valence-electron chi connectivity index (χ1n) is 6.44. The number of carboxylic acid groups (broad SMARTS) is 1. The molecule has 1 rings (SSSR count). The minimum Gasteiger partial charge on any atom is -0.480 e. The van der Waals surface area contributed by atoms with Crippen LogP contribution in [0.4, 0.5) is 0 Å². The van der Waals surface area contributed by atoms with E-state index < -0.39 is 12.0 Å². The number of nitrogens with one attached hydrogen (secondary N) is 1. The number of amides is 1. The first kappa shape index (κ1) is 15.2. The highest BCUT2D eigenvalue weighted by Crippen LogP contribution is 2.17. The van der Waals surface area contributed by atoms with Gasteiger partial charge in [-0.25, -0.2) is 4.79 Å². The Morgan fingerprint density at radius 3 is 2.58 bits per heavy atom. The second-order valence-corrected chi connectivity index (χ2v) is 4.91. The summed E-state index contributed by atoms with van der Waals surface area (Å²) < 4.78 is 1.57. The highest BCUT2D eigenvalue weighted by Gasteiger charge is 2.23. The molecule has 0 aliphatic carbocycles. The van der Waals surface area contributed by atoms with Gasteiger partial charge in [-0.15, -0.1) is 0 Å². The maximum Gasteiger partial charge on any atom is 0.326 e. The standard InChI is InChI=1S/C13H21N3O3/c1-5-6-10(13(18)19)14-12(17)9-7-16(4)15-11(9)8(2)3/h7-8,10H,5-6H2,1-4H3,(H,14,17)(H,18,19). The molecule has 1 aromatic heterocycles. The molecule has 1 aromatic rings. The predicted octanol–water partition coefficient (Wildman–Crippen LogP) is 1.53. The van der Waals surface area contributed by atoms with Crippen molar-refractivity contribution in [1.29, 1.82) is 0 Å². The number of hydrogen-bond acceptors (Lipinski definition) is 3. The van der Waals surface area contributed by atoms with E-state index in [2.05, 4.69) is 10.4 Å². The highest BCUT2D eigenvalue weighted by molar-refractivity contribution is 5.97. The van der Waals surface area contributed by atoms with E-state index in [4.69, 9.17) is 5.11 Å². The predicted molar refractivity (Wildman–Crippen MR) is 71.1 cm³/mol. The van der Waals surface area contributed by atoms with E-state index >= 15 is 0 Å². The van der Waals surface area contributed by atoms with Gasteiger partial charge in [-0.05, 0) is 12.3 Å². The summed E-state index contributed by atoms with van der Waals surface area (Å²) in [6.07, 6.45) is 2.73. The van der Waals surface area contributed by atoms with Gasteiger partial charge in [-0.1, -0.05) is 27.2 Å². The van der Waals surface area contributed by atoms with E-state index in [1.807, 2.05) is 20.8 Å². The quantitative estimate of drug-likeness (QED) is 0.818. The Morgan fingerprint density at radius 1 is 1.47 bits per heavy atom. The summed E-state index contributed by atoms with van der Waals surface area (Å²) in [7, 11) is 1.74. The maximum atomic E-state index is 12.1. The SMILES string of the molecule is CCCC(NC(=O)c1cn(C)nc1C(C)C)C(=O)O. The number of carbonyl (C=O) groups excluding carboxylic acids is 1. The summed E-state index contributed by atoms with van der Waals surface area (Å²) in [6.45, 7) is 5.77. The van der Waals surface area contributed by atoms with Gasteiger partial charge in [-0.3, -0.25) is 9.48 Å². The number of aryl methyl sites for hydroxylation is 1. The zero-order chi connectivity index (χ0) is 14.6. The third-order valence-electron chi connectivity index (χ3n) is 2.83. The van der Waals surface area contributed by atoms with Gasteiger partial charge in [0.25, 0.3) is 5.91 Å². The van der Waals surface area contributed by atoms with Gasteiger partial charge >= 0.3 is 5.97 Å². The molecule has 0 bridgehead atoms. The van der Waals surface area contributed by atoms with Gasteiger partial charge in [-0.2, -0.15) is 5.10 Å². The first-order chi connectivity index (χ1) is 8.86. The lowest BCUT2D eigenvalue weighted by Gasteiger charge is -2.13. The minimum absolute atomic E-state index is 0.108. The molecular weight excluding hydrogens is 246 g/mol. The normalized spacial score (nSPS) is 12.5. The summed E-state index contributed by atoms with van der Waals surface area (Å²) in [6, 6.07) is -0.849. The Labute approximate surface area is 112 Å². The molecule has 1 heterocycles. The van der Waals surface area contributed by atoms with E-state index in [9.17, 15) is 9.59 Å². The lowest BCUT2D eigenvalue weighted by atomic mass is 10.1. The number of aromatic nitrogens is 2. The van der Waals surface area contributed by atoms with Gasteiger partial charge in [0.15, 0.2) is 0 Å². The van der Waals surface area contributed by atoms with E-state index in [0.717, 1.165) is 0 Å². The van der Waals surface area contributed by atoms with Crippen LogP contribution < -0.4 is 5.32 Å². The molecule has 0 spiro atoms. The van der Waals surface area contributed by atoms with Crippen LogP contribution in [0.25, 0.3) is 0 Å². The molecular formula is C13H21N3O3. The first-order valence-corrected chi connectivity index (χ1v) is 6.44. The van der Waals surface area contributed by atoms with Gasteiger partial charge in [0.1, 0.15) is 6.04 Å². The van der Waals surface area contributed by atoms with Crippen LogP contribution in [-0.4, -0.2) is 32.8 Å². The average Bonchev–Trinajstić information content (AvgIpc) is 2.70. The maximum absolute atomic E-state index is 12.1. The molecule has 0 aliphatic heterocycles. The molecule has 0 radical (unpaired) electrons. The van der Waals surface area contributed by atoms with Crippen LogP contribution >= 0.6 is 0 Å². The monoisotopic (exact) mass is 267 g/mol. The Morgan fingerprint density at radius 2 is 2.11 bits per heavy atom. The fourth-order valence-electron chi connectivity index (χ4n) is 1.89. The molecule has 1 unspecified atom stereocenters. The second-order valence-electron chi connectivity index (χ2n) is 4.91. The number of rotatable bonds is 6. The van der Waals surface area contributed by atoms with Gasteiger partial charge in [0.2, 0.25) is 0 Å². The van der Waals surface area contributed by atoms with Crippen molar-refractivity contribution >= 4 is 11.9 Å². The van der Waals surface area contributed by atoms with Crippen molar-refractivity contribution in [3.63, 3.8) is 0 Å². The van der Waals surface area contributed by atoms with Crippen molar-refractivity contribution in [1.82, 2.24) is 15.1 Å². The van der Waals surface area contributed by atoms with Gasteiger partial charge in [0.05, 0.1) is 11.3 Å². The zero-order valence-electron chi connectivity index (χ0n) is 11.8. The summed E-state index contributed by atoms with van der Waals surface area (Å²) >= 11 is 0. The summed E-state index contributed by atoms with van der Waals surface area (Å²) in [5, 5.41) is 15.8. The van der Waals surface area contributed by atoms with E-state index in [1.54, 1.807) is 17.9 Å². The van der Waals surface area contributed by atoms with Crippen LogP contribution in [0.3, 0.4) is 0 Å². The molecule has 1 amide bonds. The van der Waals surface area contributed by atoms with E-state index in [-0.39, 0.29) is 11.8 Å². The van der Waals surface area contributed by atoms with Crippen LogP contribution in [0.2, 0.25) is 0 Å². The lowest BCUT2D eigenvalue weighted by Crippen LogP contribution is -2.40. The van der Waals surface area contributed by atoms with Crippen molar-refractivity contribution < 1.29 is 14.7 Å². The number of hydrogen-bond donors (Lipinski definition) is 2. The Bertz CT molecular complexity index is 466. The van der Waals surface area contributed by atoms with Crippen molar-refractivity contribution in [3.8, 4) is 0 Å². The van der Waals surface area contributed by atoms with Crippen LogP contribution in [0.15, 0.2) is 6.20 Å². The molecule has 0 saturated heterocycles. The van der Waals surface area contributed by atoms with Gasteiger partial charge < -0.3 is 10.4 Å². The van der Waals surface area contributed by atoms with Crippen LogP contribution in [-0.2, 0) is 11.8 Å². The van der Waals surface area contributed by atoms with Crippen molar-refractivity contribution in [3.05, 3.63) is 17.5 Å². The molecule has 0 saturated carbocycles. The number of carbonyl (C=O) groups is 2. The van der Waals surface area contributed by atoms with Crippen molar-refractivity contribution in [2.24, 2.45) is 7.05 Å². The Kier molecular flexibility index (Phi) is 5.09. The molecule has 0 aliphatic rings. The van der Waals surface area contributed by atoms with Crippen molar-refractivity contribution in [2.75, 3.05) is 0 Å². The Balaban J connectivity index is 2.91. The fourth-order valence-corrected chi connectivity index (χ4v) is 1.89.